The van der Waals surface area contributed by atoms with Crippen molar-refractivity contribution < 1.29 is 14.3 Å². The minimum atomic E-state index is -0.329. The molecule has 0 spiro atoms. The molecule has 0 saturated carbocycles. The molecule has 3 N–H and O–H groups in total. The van der Waals surface area contributed by atoms with Crippen LogP contribution in [0.25, 0.3) is 11.0 Å². The third-order valence-electron chi connectivity index (χ3n) is 4.01. The summed E-state index contributed by atoms with van der Waals surface area (Å²) in [5.74, 6) is 1.36. The Balaban J connectivity index is 1.70. The number of carbonyl (C=O) groups is 1. The van der Waals surface area contributed by atoms with Gasteiger partial charge in [0.1, 0.15) is 11.0 Å². The van der Waals surface area contributed by atoms with E-state index in [0.717, 1.165) is 5.56 Å². The lowest BCUT2D eigenvalue weighted by Gasteiger charge is -2.18. The summed E-state index contributed by atoms with van der Waals surface area (Å²) < 4.78 is 11.2. The maximum Gasteiger partial charge on any atom is 0.319 e. The summed E-state index contributed by atoms with van der Waals surface area (Å²) in [5, 5.41) is 16.4. The SMILES string of the molecule is CCOc1ccc([C@@H](C)NC(=O)Nc2cccc3n[nH]nc23)cc1OCC. The number of amides is 2. The van der Waals surface area contributed by atoms with Crippen LogP contribution < -0.4 is 20.1 Å². The van der Waals surface area contributed by atoms with Gasteiger partial charge in [-0.25, -0.2) is 4.79 Å². The van der Waals surface area contributed by atoms with E-state index >= 15 is 0 Å². The lowest BCUT2D eigenvalue weighted by Crippen LogP contribution is -2.31. The van der Waals surface area contributed by atoms with Crippen molar-refractivity contribution in [3.8, 4) is 11.5 Å². The van der Waals surface area contributed by atoms with E-state index in [1.54, 1.807) is 6.07 Å². The van der Waals surface area contributed by atoms with Crippen molar-refractivity contribution in [2.45, 2.75) is 26.8 Å². The minimum Gasteiger partial charge on any atom is -0.490 e. The van der Waals surface area contributed by atoms with E-state index in [1.807, 2.05) is 51.1 Å². The molecule has 0 radical (unpaired) electrons. The fraction of sp³-hybridized carbons (Fsp3) is 0.316. The molecule has 0 aliphatic rings. The zero-order valence-corrected chi connectivity index (χ0v) is 15.6. The van der Waals surface area contributed by atoms with Gasteiger partial charge in [-0.3, -0.25) is 0 Å². The fourth-order valence-corrected chi connectivity index (χ4v) is 2.74. The molecule has 8 heteroatoms. The summed E-state index contributed by atoms with van der Waals surface area (Å²) in [6.45, 7) is 6.84. The summed E-state index contributed by atoms with van der Waals surface area (Å²) in [6.07, 6.45) is 0. The molecule has 27 heavy (non-hydrogen) atoms. The zero-order chi connectivity index (χ0) is 19.2. The molecule has 142 valence electrons. The number of ether oxygens (including phenoxy) is 2. The predicted octanol–water partition coefficient (Wildman–Crippen LogP) is 3.64. The van der Waals surface area contributed by atoms with Crippen LogP contribution in [-0.4, -0.2) is 34.7 Å². The largest absolute Gasteiger partial charge is 0.490 e. The number of rotatable bonds is 7. The number of urea groups is 1. The maximum atomic E-state index is 12.4. The fourth-order valence-electron chi connectivity index (χ4n) is 2.74. The highest BCUT2D eigenvalue weighted by Gasteiger charge is 2.14. The summed E-state index contributed by atoms with van der Waals surface area (Å²) >= 11 is 0. The number of aromatic nitrogens is 3. The highest BCUT2D eigenvalue weighted by atomic mass is 16.5. The quantitative estimate of drug-likeness (QED) is 0.590. The first kappa shape index (κ1) is 18.5. The third-order valence-corrected chi connectivity index (χ3v) is 4.01. The topological polar surface area (TPSA) is 101 Å². The Kier molecular flexibility index (Phi) is 5.75. The number of carbonyl (C=O) groups excluding carboxylic acids is 1. The van der Waals surface area contributed by atoms with Crippen molar-refractivity contribution in [2.75, 3.05) is 18.5 Å². The van der Waals surface area contributed by atoms with Crippen molar-refractivity contribution in [3.63, 3.8) is 0 Å². The van der Waals surface area contributed by atoms with Crippen LogP contribution in [0.15, 0.2) is 36.4 Å². The van der Waals surface area contributed by atoms with Gasteiger partial charge in [-0.2, -0.15) is 15.4 Å². The van der Waals surface area contributed by atoms with E-state index < -0.39 is 0 Å². The van der Waals surface area contributed by atoms with E-state index in [2.05, 4.69) is 26.0 Å². The lowest BCUT2D eigenvalue weighted by atomic mass is 10.1. The standard InChI is InChI=1S/C19H23N5O3/c1-4-26-16-10-9-13(11-17(16)27-5-2)12(3)20-19(25)21-14-7-6-8-15-18(14)23-24-22-15/h6-12H,4-5H2,1-3H3,(H2,20,21,25)(H,22,23,24)/t12-/m1/s1. The van der Waals surface area contributed by atoms with E-state index in [-0.39, 0.29) is 12.1 Å². The van der Waals surface area contributed by atoms with Crippen LogP contribution in [-0.2, 0) is 0 Å². The first-order valence-electron chi connectivity index (χ1n) is 8.89. The Bertz CT molecular complexity index is 925. The molecular formula is C19H23N5O3. The minimum absolute atomic E-state index is 0.226. The van der Waals surface area contributed by atoms with Crippen LogP contribution in [0.2, 0.25) is 0 Å². The molecule has 2 amide bonds. The second-order valence-electron chi connectivity index (χ2n) is 5.89. The first-order valence-corrected chi connectivity index (χ1v) is 8.89. The van der Waals surface area contributed by atoms with Crippen molar-refractivity contribution in [3.05, 3.63) is 42.0 Å². The number of H-pyrrole nitrogens is 1. The Morgan fingerprint density at radius 1 is 1.11 bits per heavy atom. The average Bonchev–Trinajstić information content (AvgIpc) is 3.13. The smallest absolute Gasteiger partial charge is 0.319 e. The zero-order valence-electron chi connectivity index (χ0n) is 15.6. The summed E-state index contributed by atoms with van der Waals surface area (Å²) in [6, 6.07) is 10.5. The number of hydrogen-bond acceptors (Lipinski definition) is 5. The summed E-state index contributed by atoms with van der Waals surface area (Å²) in [5.41, 5.74) is 2.80. The second-order valence-corrected chi connectivity index (χ2v) is 5.89. The number of nitrogens with one attached hydrogen (secondary N) is 3. The number of fused-ring (bicyclic) bond motifs is 1. The molecule has 1 atom stereocenters. The van der Waals surface area contributed by atoms with Crippen molar-refractivity contribution in [2.24, 2.45) is 0 Å². The van der Waals surface area contributed by atoms with Gasteiger partial charge >= 0.3 is 6.03 Å². The van der Waals surface area contributed by atoms with Gasteiger partial charge < -0.3 is 20.1 Å². The normalized spacial score (nSPS) is 11.8. The monoisotopic (exact) mass is 369 g/mol. The van der Waals surface area contributed by atoms with Crippen LogP contribution in [0.4, 0.5) is 10.5 Å². The van der Waals surface area contributed by atoms with Crippen LogP contribution in [0, 0.1) is 0 Å². The van der Waals surface area contributed by atoms with Crippen molar-refractivity contribution >= 4 is 22.8 Å². The van der Waals surface area contributed by atoms with Gasteiger partial charge in [-0.05, 0) is 50.6 Å². The van der Waals surface area contributed by atoms with Gasteiger partial charge in [0.2, 0.25) is 0 Å². The number of hydrogen-bond donors (Lipinski definition) is 3. The first-order chi connectivity index (χ1) is 13.1. The van der Waals surface area contributed by atoms with Gasteiger partial charge in [-0.15, -0.1) is 0 Å². The predicted molar refractivity (Wildman–Crippen MR) is 103 cm³/mol. The van der Waals surface area contributed by atoms with E-state index in [9.17, 15) is 4.79 Å². The molecule has 3 rings (SSSR count). The second kappa shape index (κ2) is 8.39. The molecular weight excluding hydrogens is 346 g/mol. The van der Waals surface area contributed by atoms with Gasteiger partial charge in [0.05, 0.1) is 24.9 Å². The van der Waals surface area contributed by atoms with Crippen molar-refractivity contribution in [1.29, 1.82) is 0 Å². The van der Waals surface area contributed by atoms with Gasteiger partial charge in [-0.1, -0.05) is 12.1 Å². The van der Waals surface area contributed by atoms with Crippen LogP contribution in [0.3, 0.4) is 0 Å². The van der Waals surface area contributed by atoms with Gasteiger partial charge in [0.25, 0.3) is 0 Å². The molecule has 1 heterocycles. The summed E-state index contributed by atoms with van der Waals surface area (Å²) in [7, 11) is 0. The number of anilines is 1. The maximum absolute atomic E-state index is 12.4. The Labute approximate surface area is 157 Å². The molecule has 2 aromatic carbocycles. The Hall–Kier alpha value is -3.29. The Morgan fingerprint density at radius 3 is 2.67 bits per heavy atom. The van der Waals surface area contributed by atoms with Gasteiger partial charge in [0.15, 0.2) is 11.5 Å². The molecule has 0 unspecified atom stereocenters. The Morgan fingerprint density at radius 2 is 1.89 bits per heavy atom. The van der Waals surface area contributed by atoms with Crippen molar-refractivity contribution in [1.82, 2.24) is 20.7 Å². The number of benzene rings is 2. The van der Waals surface area contributed by atoms with E-state index in [1.165, 1.54) is 0 Å². The highest BCUT2D eigenvalue weighted by molar-refractivity contribution is 5.98. The average molecular weight is 369 g/mol. The highest BCUT2D eigenvalue weighted by Crippen LogP contribution is 2.30. The number of aromatic amines is 1. The molecule has 3 aromatic rings. The third kappa shape index (κ3) is 4.28. The van der Waals surface area contributed by atoms with E-state index in [0.29, 0.717) is 41.4 Å². The molecule has 0 bridgehead atoms. The molecule has 0 fully saturated rings. The van der Waals surface area contributed by atoms with E-state index in [4.69, 9.17) is 9.47 Å². The molecule has 0 aliphatic heterocycles. The molecule has 8 nitrogen and oxygen atoms in total. The summed E-state index contributed by atoms with van der Waals surface area (Å²) in [4.78, 5) is 12.4. The molecule has 0 aliphatic carbocycles. The van der Waals surface area contributed by atoms with Crippen LogP contribution in [0.5, 0.6) is 11.5 Å². The van der Waals surface area contributed by atoms with Gasteiger partial charge in [0, 0.05) is 0 Å². The number of nitrogens with zero attached hydrogens (tertiary/aromatic N) is 2. The molecule has 1 aromatic heterocycles. The number of para-hydroxylation sites is 1. The van der Waals surface area contributed by atoms with Crippen LogP contribution in [0.1, 0.15) is 32.4 Å². The van der Waals surface area contributed by atoms with Crippen LogP contribution >= 0.6 is 0 Å². The lowest BCUT2D eigenvalue weighted by molar-refractivity contribution is 0.249. The molecule has 0 saturated heterocycles.